The fraction of sp³-hybridized carbons (Fsp3) is 0.588. The molecule has 1 saturated carbocycles. The Bertz CT molecular complexity index is 515. The summed E-state index contributed by atoms with van der Waals surface area (Å²) in [5.74, 6) is 0.399. The number of aryl methyl sites for hydroxylation is 3. The van der Waals surface area contributed by atoms with Crippen LogP contribution in [0.5, 0.6) is 0 Å². The van der Waals surface area contributed by atoms with Crippen molar-refractivity contribution >= 4 is 6.03 Å². The third-order valence-electron chi connectivity index (χ3n) is 4.47. The molecule has 0 spiro atoms. The van der Waals surface area contributed by atoms with Crippen LogP contribution in [0.25, 0.3) is 0 Å². The molecule has 1 aromatic carbocycles. The number of carbonyl (C=O) groups excluding carboxylic acids is 1. The summed E-state index contributed by atoms with van der Waals surface area (Å²) in [7, 11) is 0. The van der Waals surface area contributed by atoms with Gasteiger partial charge in [-0.25, -0.2) is 4.79 Å². The molecule has 4 heteroatoms. The smallest absolute Gasteiger partial charge is 0.315 e. The molecule has 1 aliphatic rings. The van der Waals surface area contributed by atoms with Gasteiger partial charge in [0, 0.05) is 6.54 Å². The molecular weight excluding hydrogens is 264 g/mol. The molecule has 3 N–H and O–H groups in total. The minimum Gasteiger partial charge on any atom is -0.394 e. The molecule has 21 heavy (non-hydrogen) atoms. The highest BCUT2D eigenvalue weighted by atomic mass is 16.3. The molecule has 0 bridgehead atoms. The molecule has 4 nitrogen and oxygen atoms in total. The van der Waals surface area contributed by atoms with Crippen molar-refractivity contribution in [1.82, 2.24) is 10.6 Å². The minimum absolute atomic E-state index is 0.0202. The number of benzene rings is 1. The summed E-state index contributed by atoms with van der Waals surface area (Å²) in [6.45, 7) is 8.61. The third-order valence-corrected chi connectivity index (χ3v) is 4.47. The summed E-state index contributed by atoms with van der Waals surface area (Å²) < 4.78 is 0. The van der Waals surface area contributed by atoms with E-state index in [1.54, 1.807) is 0 Å². The van der Waals surface area contributed by atoms with E-state index in [1.165, 1.54) is 16.7 Å². The number of carbonyl (C=O) groups is 1. The lowest BCUT2D eigenvalue weighted by atomic mass is 9.97. The van der Waals surface area contributed by atoms with E-state index >= 15 is 0 Å². The van der Waals surface area contributed by atoms with E-state index in [-0.39, 0.29) is 12.6 Å². The molecule has 1 unspecified atom stereocenters. The molecule has 2 rings (SSSR count). The van der Waals surface area contributed by atoms with Gasteiger partial charge in [-0.2, -0.15) is 0 Å². The van der Waals surface area contributed by atoms with Crippen LogP contribution in [0.15, 0.2) is 12.1 Å². The number of nitrogens with one attached hydrogen (secondary N) is 2. The number of hydrogen-bond donors (Lipinski definition) is 3. The topological polar surface area (TPSA) is 61.4 Å². The zero-order chi connectivity index (χ0) is 15.6. The van der Waals surface area contributed by atoms with Gasteiger partial charge in [0.1, 0.15) is 0 Å². The lowest BCUT2D eigenvalue weighted by Gasteiger charge is -2.29. The molecule has 2 amide bonds. The van der Waals surface area contributed by atoms with Crippen LogP contribution in [-0.2, 0) is 6.54 Å². The van der Waals surface area contributed by atoms with Crippen LogP contribution < -0.4 is 10.6 Å². The maximum absolute atomic E-state index is 12.1. The molecule has 1 aromatic rings. The maximum atomic E-state index is 12.1. The van der Waals surface area contributed by atoms with Crippen molar-refractivity contribution in [2.45, 2.75) is 52.6 Å². The van der Waals surface area contributed by atoms with Crippen molar-refractivity contribution in [3.05, 3.63) is 34.4 Å². The molecule has 0 saturated heterocycles. The fourth-order valence-electron chi connectivity index (χ4n) is 2.95. The molecule has 0 aliphatic heterocycles. The van der Waals surface area contributed by atoms with Crippen molar-refractivity contribution in [3.63, 3.8) is 0 Å². The second kappa shape index (κ2) is 6.06. The van der Waals surface area contributed by atoms with Gasteiger partial charge in [0.05, 0.1) is 12.1 Å². The van der Waals surface area contributed by atoms with E-state index in [0.29, 0.717) is 12.5 Å². The predicted octanol–water partition coefficient (Wildman–Crippen LogP) is 2.57. The van der Waals surface area contributed by atoms with Gasteiger partial charge < -0.3 is 15.7 Å². The Morgan fingerprint density at radius 1 is 1.29 bits per heavy atom. The normalized spacial score (nSPS) is 17.2. The second-order valence-corrected chi connectivity index (χ2v) is 6.53. The van der Waals surface area contributed by atoms with Gasteiger partial charge in [-0.1, -0.05) is 17.7 Å². The lowest BCUT2D eigenvalue weighted by Crippen LogP contribution is -2.54. The van der Waals surface area contributed by atoms with Crippen molar-refractivity contribution in [3.8, 4) is 0 Å². The zero-order valence-electron chi connectivity index (χ0n) is 13.4. The summed E-state index contributed by atoms with van der Waals surface area (Å²) in [5, 5.41) is 15.3. The standard InChI is InChI=1S/C17H26N2O2/c1-11-7-12(2)15(13(3)8-11)9-18-16(21)19-17(4,10-20)14-5-6-14/h7-8,14,20H,5-6,9-10H2,1-4H3,(H2,18,19,21). The fourth-order valence-corrected chi connectivity index (χ4v) is 2.95. The van der Waals surface area contributed by atoms with Crippen LogP contribution in [0.4, 0.5) is 4.79 Å². The summed E-state index contributed by atoms with van der Waals surface area (Å²) >= 11 is 0. The van der Waals surface area contributed by atoms with Crippen molar-refractivity contribution in [2.75, 3.05) is 6.61 Å². The van der Waals surface area contributed by atoms with Crippen LogP contribution in [0, 0.1) is 26.7 Å². The molecule has 116 valence electrons. The van der Waals surface area contributed by atoms with Crippen LogP contribution in [0.1, 0.15) is 42.0 Å². The third kappa shape index (κ3) is 3.76. The van der Waals surface area contributed by atoms with Crippen molar-refractivity contribution in [2.24, 2.45) is 5.92 Å². The summed E-state index contributed by atoms with van der Waals surface area (Å²) in [4.78, 5) is 12.1. The molecule has 0 radical (unpaired) electrons. The first-order valence-electron chi connectivity index (χ1n) is 7.59. The van der Waals surface area contributed by atoms with Gasteiger partial charge >= 0.3 is 6.03 Å². The summed E-state index contributed by atoms with van der Waals surface area (Å²) in [5.41, 5.74) is 4.29. The van der Waals surface area contributed by atoms with E-state index in [0.717, 1.165) is 18.4 Å². The molecule has 1 aliphatic carbocycles. The van der Waals surface area contributed by atoms with E-state index < -0.39 is 5.54 Å². The maximum Gasteiger partial charge on any atom is 0.315 e. The monoisotopic (exact) mass is 290 g/mol. The number of amides is 2. The number of aliphatic hydroxyl groups is 1. The quantitative estimate of drug-likeness (QED) is 0.780. The van der Waals surface area contributed by atoms with Crippen LogP contribution in [-0.4, -0.2) is 23.3 Å². The van der Waals surface area contributed by atoms with Gasteiger partial charge in [0.25, 0.3) is 0 Å². The molecule has 0 aromatic heterocycles. The lowest BCUT2D eigenvalue weighted by molar-refractivity contribution is 0.155. The highest BCUT2D eigenvalue weighted by molar-refractivity contribution is 5.75. The Hall–Kier alpha value is -1.55. The number of hydrogen-bond acceptors (Lipinski definition) is 2. The molecular formula is C17H26N2O2. The van der Waals surface area contributed by atoms with E-state index in [9.17, 15) is 9.90 Å². The Labute approximate surface area is 126 Å². The van der Waals surface area contributed by atoms with Gasteiger partial charge in [-0.3, -0.25) is 0 Å². The van der Waals surface area contributed by atoms with Gasteiger partial charge in [-0.05, 0) is 63.1 Å². The first-order valence-corrected chi connectivity index (χ1v) is 7.59. The predicted molar refractivity (Wildman–Crippen MR) is 84.2 cm³/mol. The van der Waals surface area contributed by atoms with E-state index in [4.69, 9.17) is 0 Å². The van der Waals surface area contributed by atoms with E-state index in [2.05, 4.69) is 43.5 Å². The first kappa shape index (κ1) is 15.8. The van der Waals surface area contributed by atoms with Crippen LogP contribution >= 0.6 is 0 Å². The highest BCUT2D eigenvalue weighted by Gasteiger charge is 2.42. The van der Waals surface area contributed by atoms with Crippen LogP contribution in [0.2, 0.25) is 0 Å². The minimum atomic E-state index is -0.499. The average Bonchev–Trinajstić information content (AvgIpc) is 3.21. The molecule has 1 atom stereocenters. The summed E-state index contributed by atoms with van der Waals surface area (Å²) in [6, 6.07) is 4.05. The van der Waals surface area contributed by atoms with E-state index in [1.807, 2.05) is 6.92 Å². The largest absolute Gasteiger partial charge is 0.394 e. The Morgan fingerprint density at radius 2 is 1.86 bits per heavy atom. The van der Waals surface area contributed by atoms with Gasteiger partial charge in [0.15, 0.2) is 0 Å². The van der Waals surface area contributed by atoms with Crippen molar-refractivity contribution in [1.29, 1.82) is 0 Å². The molecule has 0 heterocycles. The highest BCUT2D eigenvalue weighted by Crippen LogP contribution is 2.39. The Balaban J connectivity index is 1.95. The Morgan fingerprint density at radius 3 is 2.33 bits per heavy atom. The Kier molecular flexibility index (Phi) is 4.57. The SMILES string of the molecule is Cc1cc(C)c(CNC(=O)NC(C)(CO)C2CC2)c(C)c1. The van der Waals surface area contributed by atoms with Gasteiger partial charge in [0.2, 0.25) is 0 Å². The summed E-state index contributed by atoms with van der Waals surface area (Å²) in [6.07, 6.45) is 2.15. The van der Waals surface area contributed by atoms with Crippen molar-refractivity contribution < 1.29 is 9.90 Å². The first-order chi connectivity index (χ1) is 9.85. The number of rotatable bonds is 5. The zero-order valence-corrected chi connectivity index (χ0v) is 13.4. The number of aliphatic hydroxyl groups excluding tert-OH is 1. The van der Waals surface area contributed by atoms with Gasteiger partial charge in [-0.15, -0.1) is 0 Å². The molecule has 1 fully saturated rings. The average molecular weight is 290 g/mol. The number of urea groups is 1. The second-order valence-electron chi connectivity index (χ2n) is 6.53. The van der Waals surface area contributed by atoms with Crippen LogP contribution in [0.3, 0.4) is 0 Å².